The van der Waals surface area contributed by atoms with Crippen LogP contribution >= 0.6 is 0 Å². The van der Waals surface area contributed by atoms with Gasteiger partial charge >= 0.3 is 0 Å². The highest BCUT2D eigenvalue weighted by molar-refractivity contribution is 6.14. The molecule has 0 atom stereocenters. The van der Waals surface area contributed by atoms with Gasteiger partial charge in [-0.15, -0.1) is 0 Å². The number of hydrogen-bond acceptors (Lipinski definition) is 5. The van der Waals surface area contributed by atoms with Crippen molar-refractivity contribution in [2.45, 2.75) is 12.8 Å². The summed E-state index contributed by atoms with van der Waals surface area (Å²) in [6.07, 6.45) is 5.18. The molecule has 3 aromatic carbocycles. The van der Waals surface area contributed by atoms with Crippen LogP contribution in [0.4, 0.5) is 15.8 Å². The van der Waals surface area contributed by atoms with Crippen molar-refractivity contribution in [2.24, 2.45) is 5.92 Å². The SMILES string of the molecule is N=C(c1nc2c(-c3cccc(F)c3)cccc2[nH]1)c1cc(-c2cncc(NC(=O)C3CC3)c2)ccc1N. The van der Waals surface area contributed by atoms with Crippen molar-refractivity contribution in [2.75, 3.05) is 11.1 Å². The number of nitrogens with one attached hydrogen (secondary N) is 3. The lowest BCUT2D eigenvalue weighted by Gasteiger charge is -2.10. The molecular weight excluding hydrogens is 467 g/mol. The molecule has 5 aromatic rings. The number of carbonyl (C=O) groups excluding carboxylic acids is 1. The number of carbonyl (C=O) groups is 1. The number of hydrogen-bond donors (Lipinski definition) is 4. The molecule has 0 spiro atoms. The van der Waals surface area contributed by atoms with E-state index in [4.69, 9.17) is 11.1 Å². The van der Waals surface area contributed by atoms with Crippen molar-refractivity contribution >= 4 is 34.0 Å². The number of amides is 1. The van der Waals surface area contributed by atoms with Crippen molar-refractivity contribution in [1.82, 2.24) is 15.0 Å². The van der Waals surface area contributed by atoms with Crippen molar-refractivity contribution in [3.05, 3.63) is 96.3 Å². The van der Waals surface area contributed by atoms with Crippen LogP contribution in [0.5, 0.6) is 0 Å². The first kappa shape index (κ1) is 22.6. The molecule has 182 valence electrons. The Hall–Kier alpha value is -4.85. The molecule has 37 heavy (non-hydrogen) atoms. The number of H-pyrrole nitrogens is 1. The fourth-order valence-corrected chi connectivity index (χ4v) is 4.38. The molecule has 1 amide bonds. The van der Waals surface area contributed by atoms with Crippen molar-refractivity contribution in [3.8, 4) is 22.3 Å². The maximum Gasteiger partial charge on any atom is 0.227 e. The largest absolute Gasteiger partial charge is 0.398 e. The van der Waals surface area contributed by atoms with Gasteiger partial charge in [0.05, 0.1) is 22.9 Å². The van der Waals surface area contributed by atoms with E-state index in [9.17, 15) is 9.18 Å². The lowest BCUT2D eigenvalue weighted by atomic mass is 10.00. The van der Waals surface area contributed by atoms with Crippen LogP contribution in [0, 0.1) is 17.1 Å². The van der Waals surface area contributed by atoms with E-state index in [0.717, 1.165) is 35.0 Å². The van der Waals surface area contributed by atoms with Gasteiger partial charge in [-0.1, -0.05) is 30.3 Å². The van der Waals surface area contributed by atoms with Gasteiger partial charge in [0.2, 0.25) is 5.91 Å². The maximum atomic E-state index is 13.9. The number of aromatic nitrogens is 3. The third kappa shape index (κ3) is 4.45. The smallest absolute Gasteiger partial charge is 0.227 e. The zero-order chi connectivity index (χ0) is 25.5. The highest BCUT2D eigenvalue weighted by atomic mass is 19.1. The number of nitrogen functional groups attached to an aromatic ring is 1. The number of benzene rings is 3. The number of aromatic amines is 1. The van der Waals surface area contributed by atoms with E-state index in [1.165, 1.54) is 12.1 Å². The Labute approximate surface area is 212 Å². The van der Waals surface area contributed by atoms with E-state index in [2.05, 4.69) is 20.3 Å². The second-order valence-electron chi connectivity index (χ2n) is 9.20. The minimum Gasteiger partial charge on any atom is -0.398 e. The predicted octanol–water partition coefficient (Wildman–Crippen LogP) is 5.78. The van der Waals surface area contributed by atoms with Crippen LogP contribution in [0.3, 0.4) is 0 Å². The molecule has 1 fully saturated rings. The van der Waals surface area contributed by atoms with Crippen LogP contribution in [-0.4, -0.2) is 26.6 Å². The van der Waals surface area contributed by atoms with Gasteiger partial charge in [-0.2, -0.15) is 0 Å². The number of anilines is 2. The molecular formula is C29H23FN6O. The third-order valence-electron chi connectivity index (χ3n) is 6.50. The summed E-state index contributed by atoms with van der Waals surface area (Å²) < 4.78 is 13.9. The zero-order valence-corrected chi connectivity index (χ0v) is 19.8. The van der Waals surface area contributed by atoms with E-state index in [-0.39, 0.29) is 23.4 Å². The van der Waals surface area contributed by atoms with Gasteiger partial charge in [0.1, 0.15) is 11.5 Å². The van der Waals surface area contributed by atoms with Gasteiger partial charge in [0.15, 0.2) is 5.82 Å². The fourth-order valence-electron chi connectivity index (χ4n) is 4.38. The van der Waals surface area contributed by atoms with Gasteiger partial charge < -0.3 is 16.0 Å². The molecule has 1 saturated carbocycles. The summed E-state index contributed by atoms with van der Waals surface area (Å²) in [4.78, 5) is 24.3. The molecule has 0 aliphatic heterocycles. The standard InChI is InChI=1S/C29H23FN6O/c30-20-4-1-3-18(11-20)22-5-2-6-25-27(22)36-28(35-25)26(32)23-13-17(9-10-24(23)31)19-12-21(15-33-14-19)34-29(37)16-7-8-16/h1-6,9-16,32H,7-8,31H2,(H,34,37)(H,35,36). The average molecular weight is 491 g/mol. The number of pyridine rings is 1. The van der Waals surface area contributed by atoms with Gasteiger partial charge in [-0.3, -0.25) is 15.2 Å². The lowest BCUT2D eigenvalue weighted by Crippen LogP contribution is -2.13. The van der Waals surface area contributed by atoms with Crippen molar-refractivity contribution in [1.29, 1.82) is 5.41 Å². The number of nitrogens with two attached hydrogens (primary N) is 1. The molecule has 1 aliphatic rings. The summed E-state index contributed by atoms with van der Waals surface area (Å²) in [6, 6.07) is 19.2. The molecule has 1 aliphatic carbocycles. The molecule has 6 rings (SSSR count). The van der Waals surface area contributed by atoms with E-state index >= 15 is 0 Å². The maximum absolute atomic E-state index is 13.9. The van der Waals surface area contributed by atoms with Crippen LogP contribution in [0.15, 0.2) is 79.1 Å². The Morgan fingerprint density at radius 2 is 1.84 bits per heavy atom. The summed E-state index contributed by atoms with van der Waals surface area (Å²) in [5, 5.41) is 11.8. The quantitative estimate of drug-likeness (QED) is 0.178. The summed E-state index contributed by atoms with van der Waals surface area (Å²) >= 11 is 0. The minimum atomic E-state index is -0.326. The Morgan fingerprint density at radius 1 is 1.00 bits per heavy atom. The number of imidazole rings is 1. The number of rotatable bonds is 6. The van der Waals surface area contributed by atoms with Crippen molar-refractivity contribution in [3.63, 3.8) is 0 Å². The van der Waals surface area contributed by atoms with Crippen LogP contribution in [-0.2, 0) is 4.79 Å². The second kappa shape index (κ2) is 8.98. The summed E-state index contributed by atoms with van der Waals surface area (Å²) in [7, 11) is 0. The topological polar surface area (TPSA) is 121 Å². The molecule has 0 radical (unpaired) electrons. The average Bonchev–Trinajstić information content (AvgIpc) is 3.67. The second-order valence-corrected chi connectivity index (χ2v) is 9.20. The molecule has 0 unspecified atom stereocenters. The molecule has 5 N–H and O–H groups in total. The highest BCUT2D eigenvalue weighted by Crippen LogP contribution is 2.32. The summed E-state index contributed by atoms with van der Waals surface area (Å²) in [5.74, 6) is 0.137. The third-order valence-corrected chi connectivity index (χ3v) is 6.50. The van der Waals surface area contributed by atoms with Crippen molar-refractivity contribution < 1.29 is 9.18 Å². The lowest BCUT2D eigenvalue weighted by molar-refractivity contribution is -0.117. The predicted molar refractivity (Wildman–Crippen MR) is 143 cm³/mol. The summed E-state index contributed by atoms with van der Waals surface area (Å²) in [6.45, 7) is 0. The van der Waals surface area contributed by atoms with Crippen LogP contribution in [0.25, 0.3) is 33.3 Å². The minimum absolute atomic E-state index is 0.0150. The van der Waals surface area contributed by atoms with E-state index in [0.29, 0.717) is 33.8 Å². The number of fused-ring (bicyclic) bond motifs is 1. The normalized spacial score (nSPS) is 13.0. The van der Waals surface area contributed by atoms with E-state index in [1.807, 2.05) is 42.5 Å². The van der Waals surface area contributed by atoms with Gasteiger partial charge in [0.25, 0.3) is 0 Å². The van der Waals surface area contributed by atoms with Gasteiger partial charge in [-0.05, 0) is 60.4 Å². The van der Waals surface area contributed by atoms with Crippen LogP contribution in [0.1, 0.15) is 24.2 Å². The monoisotopic (exact) mass is 490 g/mol. The Bertz CT molecular complexity index is 1690. The molecule has 8 heteroatoms. The molecule has 0 saturated heterocycles. The number of nitrogens with zero attached hydrogens (tertiary/aromatic N) is 2. The molecule has 2 aromatic heterocycles. The number of halogens is 1. The first-order valence-corrected chi connectivity index (χ1v) is 12.0. The Morgan fingerprint density at radius 3 is 2.65 bits per heavy atom. The van der Waals surface area contributed by atoms with E-state index < -0.39 is 0 Å². The molecule has 7 nitrogen and oxygen atoms in total. The van der Waals surface area contributed by atoms with Gasteiger partial charge in [0, 0.05) is 34.5 Å². The fraction of sp³-hybridized carbons (Fsp3) is 0.103. The van der Waals surface area contributed by atoms with Crippen LogP contribution < -0.4 is 11.1 Å². The molecule has 2 heterocycles. The highest BCUT2D eigenvalue weighted by Gasteiger charge is 2.29. The Kier molecular flexibility index (Phi) is 5.49. The summed E-state index contributed by atoms with van der Waals surface area (Å²) in [5.41, 5.74) is 12.4. The Balaban J connectivity index is 1.34. The van der Waals surface area contributed by atoms with Crippen LogP contribution in [0.2, 0.25) is 0 Å². The number of para-hydroxylation sites is 1. The molecule has 0 bridgehead atoms. The first-order chi connectivity index (χ1) is 18.0. The zero-order valence-electron chi connectivity index (χ0n) is 19.8. The van der Waals surface area contributed by atoms with E-state index in [1.54, 1.807) is 24.5 Å². The first-order valence-electron chi connectivity index (χ1n) is 12.0. The van der Waals surface area contributed by atoms with Gasteiger partial charge in [-0.25, -0.2) is 9.37 Å².